The van der Waals surface area contributed by atoms with E-state index in [1.165, 1.54) is 111 Å². The normalized spacial score (nSPS) is 27.6. The summed E-state index contributed by atoms with van der Waals surface area (Å²) in [6.45, 7) is 0. The van der Waals surface area contributed by atoms with Crippen LogP contribution in [-0.2, 0) is 0 Å². The van der Waals surface area contributed by atoms with Crippen LogP contribution in [0.3, 0.4) is 0 Å². The van der Waals surface area contributed by atoms with Crippen LogP contribution in [0.2, 0.25) is 0 Å². The minimum atomic E-state index is 0.370. The second-order valence-corrected chi connectivity index (χ2v) is 19.4. The molecule has 4 nitrogen and oxygen atoms in total. The third kappa shape index (κ3) is 3.36. The van der Waals surface area contributed by atoms with E-state index in [-0.39, 0.29) is 0 Å². The van der Waals surface area contributed by atoms with Crippen molar-refractivity contribution in [1.82, 2.24) is 19.9 Å². The van der Waals surface area contributed by atoms with Gasteiger partial charge >= 0.3 is 0 Å². The lowest BCUT2D eigenvalue weighted by Gasteiger charge is -2.19. The van der Waals surface area contributed by atoms with Crippen LogP contribution in [0.1, 0.15) is 163 Å². The van der Waals surface area contributed by atoms with E-state index >= 15 is 0 Å². The Labute approximate surface area is 346 Å². The predicted octanol–water partition coefficient (Wildman–Crippen LogP) is 12.7. The number of allylic oxidation sites excluding steroid dienone is 4. The molecule has 17 rings (SSSR count). The Kier molecular flexibility index (Phi) is 5.12. The van der Waals surface area contributed by atoms with Crippen LogP contribution in [0.4, 0.5) is 0 Å². The number of aromatic amines is 2. The summed E-state index contributed by atoms with van der Waals surface area (Å²) in [5.41, 5.74) is 33.4. The lowest BCUT2D eigenvalue weighted by Crippen LogP contribution is -2.01. The highest BCUT2D eigenvalue weighted by Gasteiger charge is 2.51. The third-order valence-electron chi connectivity index (χ3n) is 17.2. The molecular weight excluding hydrogens is 729 g/mol. The Hall–Kier alpha value is -6.52. The van der Waals surface area contributed by atoms with Crippen LogP contribution in [-0.4, -0.2) is 19.9 Å². The average molecular weight is 767 g/mol. The minimum Gasteiger partial charge on any atom is -0.355 e. The Morgan fingerprint density at radius 2 is 0.550 bits per heavy atom. The van der Waals surface area contributed by atoms with Crippen molar-refractivity contribution >= 4 is 44.4 Å². The highest BCUT2D eigenvalue weighted by Crippen LogP contribution is 2.67. The van der Waals surface area contributed by atoms with Crippen molar-refractivity contribution in [3.8, 4) is 0 Å². The van der Waals surface area contributed by atoms with Crippen LogP contribution in [0.25, 0.3) is 44.4 Å². The van der Waals surface area contributed by atoms with E-state index < -0.39 is 0 Å². The largest absolute Gasteiger partial charge is 0.355 e. The van der Waals surface area contributed by atoms with Gasteiger partial charge in [-0.05, 0) is 139 Å². The minimum absolute atomic E-state index is 0.370. The summed E-state index contributed by atoms with van der Waals surface area (Å²) < 4.78 is 0. The molecule has 7 aromatic rings. The van der Waals surface area contributed by atoms with E-state index in [9.17, 15) is 0 Å². The molecule has 8 unspecified atom stereocenters. The van der Waals surface area contributed by atoms with Crippen molar-refractivity contribution in [2.24, 2.45) is 0 Å². The van der Waals surface area contributed by atoms with E-state index in [0.29, 0.717) is 47.3 Å². The number of hydrogen-bond donors (Lipinski definition) is 2. The first kappa shape index (κ1) is 30.5. The van der Waals surface area contributed by atoms with Gasteiger partial charge in [0.15, 0.2) is 0 Å². The van der Waals surface area contributed by atoms with Crippen LogP contribution in [0, 0.1) is 0 Å². The second-order valence-electron chi connectivity index (χ2n) is 19.4. The number of aromatic nitrogens is 4. The van der Waals surface area contributed by atoms with Gasteiger partial charge in [0.05, 0.1) is 22.8 Å². The fourth-order valence-corrected chi connectivity index (χ4v) is 15.3. The maximum absolute atomic E-state index is 5.73. The van der Waals surface area contributed by atoms with Gasteiger partial charge in [-0.25, -0.2) is 9.97 Å². The SMILES string of the molecule is c1ccc2c(c1)C1CC2C2=C1c1cc3nc(cc4[nH]c(cc5[nH]c(cc2n1)c1c5C2CC1c1ccccc12)c1c4C2CC1c1ccccc12)C1=C3C2CC1c1ccccc12. The van der Waals surface area contributed by atoms with E-state index in [1.807, 2.05) is 0 Å². The lowest BCUT2D eigenvalue weighted by molar-refractivity contribution is 0.795. The van der Waals surface area contributed by atoms with E-state index in [2.05, 4.69) is 131 Å². The first-order valence-electron chi connectivity index (χ1n) is 22.4. The fourth-order valence-electron chi connectivity index (χ4n) is 15.3. The molecule has 0 spiro atoms. The Balaban J connectivity index is 1.01. The molecule has 8 atom stereocenters. The molecular formula is C56H38N4. The van der Waals surface area contributed by atoms with Gasteiger partial charge in [0, 0.05) is 69.4 Å². The number of fused-ring (bicyclic) bond motifs is 46. The molecule has 2 N–H and O–H groups in total. The van der Waals surface area contributed by atoms with Gasteiger partial charge in [-0.15, -0.1) is 0 Å². The van der Waals surface area contributed by atoms with Gasteiger partial charge in [0.2, 0.25) is 0 Å². The molecule has 0 saturated carbocycles. The Morgan fingerprint density at radius 3 is 0.867 bits per heavy atom. The Bertz CT molecular complexity index is 3290. The summed E-state index contributed by atoms with van der Waals surface area (Å²) in [5.74, 6) is 3.08. The number of hydrogen-bond acceptors (Lipinski definition) is 2. The molecule has 282 valence electrons. The maximum atomic E-state index is 5.73. The van der Waals surface area contributed by atoms with Crippen LogP contribution >= 0.6 is 0 Å². The van der Waals surface area contributed by atoms with Crippen molar-refractivity contribution in [3.63, 3.8) is 0 Å². The fraction of sp³-hybridized carbons (Fsp3) is 0.214. The van der Waals surface area contributed by atoms with Crippen LogP contribution in [0.15, 0.2) is 121 Å². The summed E-state index contributed by atoms with van der Waals surface area (Å²) in [6, 6.07) is 46.8. The topological polar surface area (TPSA) is 57.4 Å². The zero-order valence-electron chi connectivity index (χ0n) is 32.9. The molecule has 10 aliphatic rings. The first-order valence-corrected chi connectivity index (χ1v) is 22.4. The molecule has 5 heterocycles. The molecule has 3 aromatic heterocycles. The van der Waals surface area contributed by atoms with E-state index in [0.717, 1.165) is 48.5 Å². The number of rotatable bonds is 0. The molecule has 2 aliphatic heterocycles. The smallest absolute Gasteiger partial charge is 0.0700 e. The zero-order chi connectivity index (χ0) is 38.3. The molecule has 0 radical (unpaired) electrons. The molecule has 4 heteroatoms. The molecule has 8 aliphatic carbocycles. The highest BCUT2D eigenvalue weighted by molar-refractivity contribution is 6.06. The average Bonchev–Trinajstić information content (AvgIpc) is 4.12. The predicted molar refractivity (Wildman–Crippen MR) is 237 cm³/mol. The van der Waals surface area contributed by atoms with Crippen molar-refractivity contribution in [1.29, 1.82) is 0 Å². The quantitative estimate of drug-likeness (QED) is 0.161. The number of nitrogens with one attached hydrogen (secondary N) is 2. The number of nitrogens with zero attached hydrogens (tertiary/aromatic N) is 2. The highest BCUT2D eigenvalue weighted by atomic mass is 14.8. The van der Waals surface area contributed by atoms with E-state index in [4.69, 9.17) is 9.97 Å². The molecule has 0 amide bonds. The third-order valence-corrected chi connectivity index (χ3v) is 17.2. The van der Waals surface area contributed by atoms with E-state index in [1.54, 1.807) is 0 Å². The second kappa shape index (κ2) is 10.1. The van der Waals surface area contributed by atoms with Gasteiger partial charge in [-0.2, -0.15) is 0 Å². The molecule has 0 fully saturated rings. The maximum Gasteiger partial charge on any atom is 0.0700 e. The van der Waals surface area contributed by atoms with Crippen LogP contribution in [0.5, 0.6) is 0 Å². The van der Waals surface area contributed by atoms with Crippen molar-refractivity contribution in [3.05, 3.63) is 211 Å². The van der Waals surface area contributed by atoms with Crippen LogP contribution < -0.4 is 0 Å². The zero-order valence-corrected chi connectivity index (χ0v) is 32.9. The first-order chi connectivity index (χ1) is 29.7. The molecule has 16 bridgehead atoms. The summed E-state index contributed by atoms with van der Waals surface area (Å²) in [4.78, 5) is 19.7. The summed E-state index contributed by atoms with van der Waals surface area (Å²) >= 11 is 0. The summed E-state index contributed by atoms with van der Waals surface area (Å²) in [5, 5.41) is 0. The van der Waals surface area contributed by atoms with Gasteiger partial charge in [-0.1, -0.05) is 97.1 Å². The monoisotopic (exact) mass is 766 g/mol. The number of H-pyrrole nitrogens is 2. The molecule has 4 aromatic carbocycles. The molecule has 0 saturated heterocycles. The summed E-state index contributed by atoms with van der Waals surface area (Å²) in [7, 11) is 0. The number of benzene rings is 4. The van der Waals surface area contributed by atoms with Crippen molar-refractivity contribution in [2.45, 2.75) is 73.0 Å². The van der Waals surface area contributed by atoms with Crippen molar-refractivity contribution < 1.29 is 0 Å². The molecule has 60 heavy (non-hydrogen) atoms. The van der Waals surface area contributed by atoms with Crippen molar-refractivity contribution in [2.75, 3.05) is 0 Å². The Morgan fingerprint density at radius 1 is 0.300 bits per heavy atom. The van der Waals surface area contributed by atoms with Gasteiger partial charge < -0.3 is 9.97 Å². The van der Waals surface area contributed by atoms with Gasteiger partial charge in [0.1, 0.15) is 0 Å². The standard InChI is InChI=1S/C56H38N4/c1-2-10-26-25(9-1)33-17-34(26)50-42-22-44-52-36-19-38(30-14-6-5-13-29(30)36)54(52)46(59-44)24-48-56-40-20-39(31-15-7-8-16-32(31)40)55(56)47(60-48)23-45-53-37-18-35(27-11-3-4-12-28(27)37)51(53)43(58-45)21-41(57-42)49(33)50/h1-16,21-24,33-40,57-58H,17-20H2. The van der Waals surface area contributed by atoms with Gasteiger partial charge in [0.25, 0.3) is 0 Å². The lowest BCUT2D eigenvalue weighted by atomic mass is 9.83. The van der Waals surface area contributed by atoms with Gasteiger partial charge in [-0.3, -0.25) is 0 Å². The summed E-state index contributed by atoms with van der Waals surface area (Å²) in [6.07, 6.45) is 4.60.